The molecule has 0 unspecified atom stereocenters. The Hall–Kier alpha value is -1.39. The van der Waals surface area contributed by atoms with Crippen molar-refractivity contribution < 1.29 is 9.90 Å². The molecule has 137 valence electrons. The summed E-state index contributed by atoms with van der Waals surface area (Å²) in [5.41, 5.74) is 4.47. The van der Waals surface area contributed by atoms with Gasteiger partial charge in [-0.15, -0.1) is 0 Å². The van der Waals surface area contributed by atoms with Gasteiger partial charge in [0.05, 0.1) is 13.2 Å². The fraction of sp³-hybridized carbons (Fsp3) is 0.619. The molecule has 0 spiro atoms. The molecule has 4 nitrogen and oxygen atoms in total. The molecule has 1 fully saturated rings. The second kappa shape index (κ2) is 9.35. The van der Waals surface area contributed by atoms with Gasteiger partial charge in [0, 0.05) is 19.6 Å². The minimum absolute atomic E-state index is 0.0750. The molecule has 0 bridgehead atoms. The Kier molecular flexibility index (Phi) is 6.88. The van der Waals surface area contributed by atoms with Gasteiger partial charge in [0.25, 0.3) is 0 Å². The van der Waals surface area contributed by atoms with Crippen molar-refractivity contribution in [1.29, 1.82) is 0 Å². The van der Waals surface area contributed by atoms with Gasteiger partial charge in [0.15, 0.2) is 0 Å². The molecule has 0 saturated carbocycles. The number of hydrogen-bond acceptors (Lipinski definition) is 3. The number of likely N-dealkylation sites (tertiary alicyclic amines) is 1. The van der Waals surface area contributed by atoms with E-state index in [2.05, 4.69) is 30.0 Å². The second-order valence-electron chi connectivity index (χ2n) is 7.27. The molecule has 25 heavy (non-hydrogen) atoms. The molecule has 0 atom stereocenters. The lowest BCUT2D eigenvalue weighted by Crippen LogP contribution is -2.43. The van der Waals surface area contributed by atoms with Crippen LogP contribution in [0.3, 0.4) is 0 Å². The molecule has 4 heteroatoms. The SMILES string of the molecule is O=C(CNCCO)N1CCC(C2=CC[CH]C(C3=CCCCC3)=C2)CC1. The lowest BCUT2D eigenvalue weighted by Gasteiger charge is -2.34. The molecule has 1 heterocycles. The third-order valence-electron chi connectivity index (χ3n) is 5.56. The Morgan fingerprint density at radius 3 is 2.80 bits per heavy atom. The molecular formula is C21H31N2O2. The first-order chi connectivity index (χ1) is 12.3. The van der Waals surface area contributed by atoms with E-state index in [1.165, 1.54) is 36.8 Å². The Morgan fingerprint density at radius 2 is 2.08 bits per heavy atom. The molecular weight excluding hydrogens is 312 g/mol. The van der Waals surface area contributed by atoms with E-state index >= 15 is 0 Å². The standard InChI is InChI=1S/C21H31N2O2/c24-14-11-22-16-21(25)23-12-9-18(10-13-23)20-8-4-7-19(15-20)17-5-2-1-3-6-17/h5,7-8,15,18,22,24H,1-4,6,9-14,16H2. The van der Waals surface area contributed by atoms with E-state index in [1.54, 1.807) is 5.57 Å². The fourth-order valence-corrected chi connectivity index (χ4v) is 4.08. The minimum atomic E-state index is 0.0750. The summed E-state index contributed by atoms with van der Waals surface area (Å²) in [6, 6.07) is 0. The Bertz CT molecular complexity index is 554. The predicted molar refractivity (Wildman–Crippen MR) is 101 cm³/mol. The Labute approximate surface area is 151 Å². The number of aliphatic hydroxyl groups excluding tert-OH is 1. The number of hydrogen-bond donors (Lipinski definition) is 2. The van der Waals surface area contributed by atoms with Crippen LogP contribution >= 0.6 is 0 Å². The van der Waals surface area contributed by atoms with Crippen molar-refractivity contribution in [2.24, 2.45) is 5.92 Å². The van der Waals surface area contributed by atoms with E-state index in [9.17, 15) is 4.79 Å². The van der Waals surface area contributed by atoms with Gasteiger partial charge in [-0.2, -0.15) is 0 Å². The third-order valence-corrected chi connectivity index (χ3v) is 5.56. The van der Waals surface area contributed by atoms with Crippen LogP contribution in [0.4, 0.5) is 0 Å². The molecule has 0 aromatic rings. The van der Waals surface area contributed by atoms with Crippen LogP contribution in [-0.4, -0.2) is 48.7 Å². The van der Waals surface area contributed by atoms with Crippen molar-refractivity contribution in [3.05, 3.63) is 41.4 Å². The first-order valence-electron chi connectivity index (χ1n) is 9.81. The number of nitrogens with zero attached hydrogens (tertiary/aromatic N) is 1. The summed E-state index contributed by atoms with van der Waals surface area (Å²) in [6.07, 6.45) is 17.8. The predicted octanol–water partition coefficient (Wildman–Crippen LogP) is 2.77. The topological polar surface area (TPSA) is 52.6 Å². The van der Waals surface area contributed by atoms with Crippen molar-refractivity contribution in [2.75, 3.05) is 32.8 Å². The molecule has 2 aliphatic carbocycles. The quantitative estimate of drug-likeness (QED) is 0.729. The maximum absolute atomic E-state index is 12.2. The maximum Gasteiger partial charge on any atom is 0.236 e. The monoisotopic (exact) mass is 343 g/mol. The zero-order valence-corrected chi connectivity index (χ0v) is 15.2. The average Bonchev–Trinajstić information content (AvgIpc) is 2.69. The zero-order valence-electron chi connectivity index (χ0n) is 15.2. The summed E-state index contributed by atoms with van der Waals surface area (Å²) in [5, 5.41) is 11.8. The van der Waals surface area contributed by atoms with Crippen molar-refractivity contribution in [3.63, 3.8) is 0 Å². The van der Waals surface area contributed by atoms with Crippen molar-refractivity contribution in [1.82, 2.24) is 10.2 Å². The Balaban J connectivity index is 1.52. The zero-order chi connectivity index (χ0) is 17.5. The molecule has 1 radical (unpaired) electrons. The second-order valence-corrected chi connectivity index (χ2v) is 7.27. The van der Waals surface area contributed by atoms with Gasteiger partial charge in [0.2, 0.25) is 5.91 Å². The molecule has 1 saturated heterocycles. The normalized spacial score (nSPS) is 22.3. The number of carbonyl (C=O) groups is 1. The lowest BCUT2D eigenvalue weighted by atomic mass is 9.81. The van der Waals surface area contributed by atoms with Crippen LogP contribution < -0.4 is 5.32 Å². The number of allylic oxidation sites excluding steroid dienone is 6. The average molecular weight is 343 g/mol. The lowest BCUT2D eigenvalue weighted by molar-refractivity contribution is -0.131. The third kappa shape index (κ3) is 5.05. The first kappa shape index (κ1) is 18.4. The number of piperidine rings is 1. The van der Waals surface area contributed by atoms with Crippen molar-refractivity contribution in [2.45, 2.75) is 44.9 Å². The maximum atomic E-state index is 12.2. The van der Waals surface area contributed by atoms with Crippen LogP contribution in [0.25, 0.3) is 0 Å². The number of rotatable bonds is 6. The summed E-state index contributed by atoms with van der Waals surface area (Å²) in [4.78, 5) is 14.1. The van der Waals surface area contributed by atoms with E-state index in [0.29, 0.717) is 19.0 Å². The van der Waals surface area contributed by atoms with Crippen LogP contribution in [0.1, 0.15) is 44.9 Å². The van der Waals surface area contributed by atoms with Crippen LogP contribution in [-0.2, 0) is 4.79 Å². The van der Waals surface area contributed by atoms with Gasteiger partial charge in [-0.05, 0) is 74.0 Å². The summed E-state index contributed by atoms with van der Waals surface area (Å²) in [7, 11) is 0. The highest BCUT2D eigenvalue weighted by molar-refractivity contribution is 5.78. The summed E-state index contributed by atoms with van der Waals surface area (Å²) in [6.45, 7) is 2.58. The minimum Gasteiger partial charge on any atom is -0.395 e. The molecule has 3 aliphatic rings. The molecule has 3 rings (SSSR count). The van der Waals surface area contributed by atoms with E-state index in [4.69, 9.17) is 5.11 Å². The number of aliphatic hydroxyl groups is 1. The smallest absolute Gasteiger partial charge is 0.236 e. The van der Waals surface area contributed by atoms with E-state index in [1.807, 2.05) is 4.90 Å². The molecule has 0 aromatic carbocycles. The number of carbonyl (C=O) groups excluding carboxylic acids is 1. The van der Waals surface area contributed by atoms with Gasteiger partial charge in [-0.25, -0.2) is 0 Å². The summed E-state index contributed by atoms with van der Waals surface area (Å²) >= 11 is 0. The highest BCUT2D eigenvalue weighted by atomic mass is 16.3. The summed E-state index contributed by atoms with van der Waals surface area (Å²) in [5.74, 6) is 0.740. The van der Waals surface area contributed by atoms with Gasteiger partial charge in [-0.3, -0.25) is 4.79 Å². The van der Waals surface area contributed by atoms with E-state index < -0.39 is 0 Å². The van der Waals surface area contributed by atoms with Crippen molar-refractivity contribution >= 4 is 5.91 Å². The molecule has 1 aliphatic heterocycles. The van der Waals surface area contributed by atoms with Gasteiger partial charge >= 0.3 is 0 Å². The molecule has 1 amide bonds. The van der Waals surface area contributed by atoms with E-state index in [0.717, 1.165) is 32.4 Å². The van der Waals surface area contributed by atoms with Gasteiger partial charge in [-0.1, -0.05) is 18.2 Å². The molecule has 2 N–H and O–H groups in total. The van der Waals surface area contributed by atoms with Crippen LogP contribution in [0.2, 0.25) is 0 Å². The van der Waals surface area contributed by atoms with E-state index in [-0.39, 0.29) is 12.5 Å². The van der Waals surface area contributed by atoms with Crippen molar-refractivity contribution in [3.8, 4) is 0 Å². The number of nitrogens with one attached hydrogen (secondary N) is 1. The highest BCUT2D eigenvalue weighted by Crippen LogP contribution is 2.34. The van der Waals surface area contributed by atoms with Crippen LogP contribution in [0.15, 0.2) is 34.9 Å². The highest BCUT2D eigenvalue weighted by Gasteiger charge is 2.25. The first-order valence-corrected chi connectivity index (χ1v) is 9.81. The van der Waals surface area contributed by atoms with Gasteiger partial charge in [0.1, 0.15) is 0 Å². The van der Waals surface area contributed by atoms with Crippen LogP contribution in [0, 0.1) is 12.3 Å². The largest absolute Gasteiger partial charge is 0.395 e. The van der Waals surface area contributed by atoms with Gasteiger partial charge < -0.3 is 15.3 Å². The molecule has 0 aromatic heterocycles. The van der Waals surface area contributed by atoms with Crippen LogP contribution in [0.5, 0.6) is 0 Å². The number of amides is 1. The fourth-order valence-electron chi connectivity index (χ4n) is 4.08. The summed E-state index contributed by atoms with van der Waals surface area (Å²) < 4.78 is 0. The Morgan fingerprint density at radius 1 is 1.24 bits per heavy atom.